The maximum absolute atomic E-state index is 13.4. The van der Waals surface area contributed by atoms with E-state index in [1.165, 1.54) is 17.8 Å². The molecule has 0 aliphatic carbocycles. The standard InChI is InChI=1S/C23H21ClF3N3OS/c1-12(8-13(2)22-28-6-7-29-22)14(3)32-20-9-15(4-5-17(20)24)23(31)30-16-10-18(25)21(27)19(26)11-16/h4-7,9-11,13-14H,1,8H2,2-3H3,(H,28,29)(H,30,31). The molecule has 0 aliphatic heterocycles. The average Bonchev–Trinajstić information content (AvgIpc) is 3.28. The van der Waals surface area contributed by atoms with Crippen LogP contribution in [0.15, 0.2) is 59.8 Å². The first-order valence-electron chi connectivity index (χ1n) is 9.74. The Labute approximate surface area is 193 Å². The number of amides is 1. The number of benzene rings is 2. The summed E-state index contributed by atoms with van der Waals surface area (Å²) in [7, 11) is 0. The molecular weight excluding hydrogens is 459 g/mol. The molecule has 9 heteroatoms. The number of aromatic amines is 1. The molecule has 1 heterocycles. The van der Waals surface area contributed by atoms with Crippen molar-refractivity contribution in [1.82, 2.24) is 9.97 Å². The number of hydrogen-bond donors (Lipinski definition) is 2. The number of carbonyl (C=O) groups is 1. The van der Waals surface area contributed by atoms with Crippen molar-refractivity contribution in [2.75, 3.05) is 5.32 Å². The van der Waals surface area contributed by atoms with E-state index in [2.05, 4.69) is 28.8 Å². The molecule has 0 saturated heterocycles. The molecule has 0 aliphatic rings. The van der Waals surface area contributed by atoms with Gasteiger partial charge in [0, 0.05) is 51.8 Å². The number of aromatic nitrogens is 2. The van der Waals surface area contributed by atoms with Crippen LogP contribution in [0.25, 0.3) is 0 Å². The van der Waals surface area contributed by atoms with Crippen molar-refractivity contribution in [1.29, 1.82) is 0 Å². The summed E-state index contributed by atoms with van der Waals surface area (Å²) >= 11 is 7.77. The van der Waals surface area contributed by atoms with E-state index in [0.717, 1.165) is 17.8 Å². The number of H-pyrrole nitrogens is 1. The molecule has 3 aromatic rings. The van der Waals surface area contributed by atoms with Gasteiger partial charge in [0.1, 0.15) is 5.82 Å². The van der Waals surface area contributed by atoms with Crippen LogP contribution in [0.1, 0.15) is 42.4 Å². The Balaban J connectivity index is 1.69. The Morgan fingerprint density at radius 2 is 1.91 bits per heavy atom. The minimum Gasteiger partial charge on any atom is -0.348 e. The second-order valence-electron chi connectivity index (χ2n) is 7.35. The Morgan fingerprint density at radius 3 is 2.53 bits per heavy atom. The van der Waals surface area contributed by atoms with Crippen LogP contribution >= 0.6 is 23.4 Å². The highest BCUT2D eigenvalue weighted by Gasteiger charge is 2.18. The SMILES string of the molecule is C=C(CC(C)c1ncc[nH]1)C(C)Sc1cc(C(=O)Nc2cc(F)c(F)c(F)c2)ccc1Cl. The number of nitrogens with zero attached hydrogens (tertiary/aromatic N) is 1. The fourth-order valence-corrected chi connectivity index (χ4v) is 4.31. The molecule has 0 fully saturated rings. The molecule has 168 valence electrons. The summed E-state index contributed by atoms with van der Waals surface area (Å²) in [6.45, 7) is 8.23. The van der Waals surface area contributed by atoms with Gasteiger partial charge in [0.25, 0.3) is 5.91 Å². The highest BCUT2D eigenvalue weighted by molar-refractivity contribution is 8.00. The Morgan fingerprint density at radius 1 is 1.22 bits per heavy atom. The summed E-state index contributed by atoms with van der Waals surface area (Å²) in [5.74, 6) is -3.92. The maximum Gasteiger partial charge on any atom is 0.255 e. The minimum atomic E-state index is -1.59. The van der Waals surface area contributed by atoms with Crippen molar-refractivity contribution in [3.8, 4) is 0 Å². The summed E-state index contributed by atoms with van der Waals surface area (Å²) in [6.07, 6.45) is 4.21. The molecule has 0 spiro atoms. The zero-order valence-corrected chi connectivity index (χ0v) is 19.0. The van der Waals surface area contributed by atoms with Crippen LogP contribution in [0, 0.1) is 17.5 Å². The predicted molar refractivity (Wildman–Crippen MR) is 122 cm³/mol. The summed E-state index contributed by atoms with van der Waals surface area (Å²) in [5, 5.41) is 2.83. The zero-order valence-electron chi connectivity index (χ0n) is 17.4. The number of imidazole rings is 1. The van der Waals surface area contributed by atoms with Crippen LogP contribution in [0.5, 0.6) is 0 Å². The van der Waals surface area contributed by atoms with Gasteiger partial charge in [-0.05, 0) is 31.5 Å². The second kappa shape index (κ2) is 10.3. The van der Waals surface area contributed by atoms with E-state index in [1.54, 1.807) is 24.5 Å². The van der Waals surface area contributed by atoms with Crippen LogP contribution in [-0.4, -0.2) is 21.1 Å². The lowest BCUT2D eigenvalue weighted by Gasteiger charge is -2.18. The normalized spacial score (nSPS) is 12.9. The first kappa shape index (κ1) is 23.9. The van der Waals surface area contributed by atoms with Crippen LogP contribution in [0.2, 0.25) is 5.02 Å². The number of carbonyl (C=O) groups excluding carboxylic acids is 1. The molecule has 1 amide bonds. The van der Waals surface area contributed by atoms with E-state index in [4.69, 9.17) is 11.6 Å². The summed E-state index contributed by atoms with van der Waals surface area (Å²) in [5.41, 5.74) is 1.04. The van der Waals surface area contributed by atoms with E-state index in [9.17, 15) is 18.0 Å². The molecule has 32 heavy (non-hydrogen) atoms. The van der Waals surface area contributed by atoms with Crippen molar-refractivity contribution in [2.24, 2.45) is 0 Å². The number of nitrogens with one attached hydrogen (secondary N) is 2. The van der Waals surface area contributed by atoms with Gasteiger partial charge in [-0.3, -0.25) is 4.79 Å². The summed E-state index contributed by atoms with van der Waals surface area (Å²) in [4.78, 5) is 20.6. The van der Waals surface area contributed by atoms with Gasteiger partial charge in [0.15, 0.2) is 17.5 Å². The fourth-order valence-electron chi connectivity index (χ4n) is 3.04. The van der Waals surface area contributed by atoms with Gasteiger partial charge in [-0.1, -0.05) is 30.7 Å². The van der Waals surface area contributed by atoms with Gasteiger partial charge in [0.2, 0.25) is 0 Å². The van der Waals surface area contributed by atoms with Gasteiger partial charge in [-0.2, -0.15) is 0 Å². The topological polar surface area (TPSA) is 57.8 Å². The molecule has 3 rings (SSSR count). The van der Waals surface area contributed by atoms with E-state index in [0.29, 0.717) is 22.1 Å². The van der Waals surface area contributed by atoms with Crippen LogP contribution in [0.4, 0.5) is 18.9 Å². The van der Waals surface area contributed by atoms with E-state index in [1.807, 2.05) is 6.92 Å². The molecular formula is C23H21ClF3N3OS. The van der Waals surface area contributed by atoms with Gasteiger partial charge >= 0.3 is 0 Å². The average molecular weight is 480 g/mol. The van der Waals surface area contributed by atoms with Crippen LogP contribution in [-0.2, 0) is 0 Å². The monoisotopic (exact) mass is 479 g/mol. The van der Waals surface area contributed by atoms with Crippen molar-refractivity contribution < 1.29 is 18.0 Å². The number of rotatable bonds is 8. The Hall–Kier alpha value is -2.71. The molecule has 0 radical (unpaired) electrons. The van der Waals surface area contributed by atoms with Crippen molar-refractivity contribution in [3.05, 3.63) is 88.7 Å². The summed E-state index contributed by atoms with van der Waals surface area (Å²) in [6, 6.07) is 6.10. The molecule has 0 saturated carbocycles. The lowest BCUT2D eigenvalue weighted by molar-refractivity contribution is 0.102. The van der Waals surface area contributed by atoms with Gasteiger partial charge in [0.05, 0.1) is 5.02 Å². The molecule has 0 bridgehead atoms. The number of anilines is 1. The number of halogens is 4. The largest absolute Gasteiger partial charge is 0.348 e. The third-order valence-corrected chi connectivity index (χ3v) is 6.59. The van der Waals surface area contributed by atoms with Gasteiger partial charge < -0.3 is 10.3 Å². The fraction of sp³-hybridized carbons (Fsp3) is 0.217. The molecule has 2 aromatic carbocycles. The summed E-state index contributed by atoms with van der Waals surface area (Å²) < 4.78 is 39.9. The predicted octanol–water partition coefficient (Wildman–Crippen LogP) is 6.96. The lowest BCUT2D eigenvalue weighted by Crippen LogP contribution is -2.13. The highest BCUT2D eigenvalue weighted by Crippen LogP contribution is 2.36. The van der Waals surface area contributed by atoms with Gasteiger partial charge in [-0.25, -0.2) is 18.2 Å². The quantitative estimate of drug-likeness (QED) is 0.208. The first-order chi connectivity index (χ1) is 15.2. The van der Waals surface area contributed by atoms with E-state index in [-0.39, 0.29) is 22.4 Å². The molecule has 2 unspecified atom stereocenters. The van der Waals surface area contributed by atoms with Crippen LogP contribution in [0.3, 0.4) is 0 Å². The zero-order chi connectivity index (χ0) is 23.4. The number of hydrogen-bond acceptors (Lipinski definition) is 3. The van der Waals surface area contributed by atoms with E-state index < -0.39 is 23.4 Å². The second-order valence-corrected chi connectivity index (χ2v) is 9.14. The van der Waals surface area contributed by atoms with Crippen LogP contribution < -0.4 is 5.32 Å². The molecule has 4 nitrogen and oxygen atoms in total. The third kappa shape index (κ3) is 5.75. The molecule has 2 N–H and O–H groups in total. The number of thioether (sulfide) groups is 1. The molecule has 2 atom stereocenters. The minimum absolute atomic E-state index is 0.00325. The Bertz CT molecular complexity index is 1110. The van der Waals surface area contributed by atoms with E-state index >= 15 is 0 Å². The highest BCUT2D eigenvalue weighted by atomic mass is 35.5. The Kier molecular flexibility index (Phi) is 7.69. The first-order valence-corrected chi connectivity index (χ1v) is 11.0. The van der Waals surface area contributed by atoms with Crippen molar-refractivity contribution >= 4 is 35.0 Å². The van der Waals surface area contributed by atoms with Gasteiger partial charge in [-0.15, -0.1) is 11.8 Å². The third-order valence-electron chi connectivity index (χ3n) is 4.87. The lowest BCUT2D eigenvalue weighted by atomic mass is 10.00. The maximum atomic E-state index is 13.4. The van der Waals surface area contributed by atoms with Crippen molar-refractivity contribution in [2.45, 2.75) is 36.3 Å². The van der Waals surface area contributed by atoms with Crippen molar-refractivity contribution in [3.63, 3.8) is 0 Å². The smallest absolute Gasteiger partial charge is 0.255 e. The molecule has 1 aromatic heterocycles.